The maximum atomic E-state index is 13.6. The molecule has 10 heteroatoms. The van der Waals surface area contributed by atoms with E-state index >= 15 is 0 Å². The lowest BCUT2D eigenvalue weighted by Gasteiger charge is -2.26. The number of nitrogens with zero attached hydrogens (tertiary/aromatic N) is 2. The van der Waals surface area contributed by atoms with E-state index in [2.05, 4.69) is 15.5 Å². The summed E-state index contributed by atoms with van der Waals surface area (Å²) < 4.78 is 18.6. The van der Waals surface area contributed by atoms with Crippen LogP contribution in [0.2, 0.25) is 5.02 Å². The van der Waals surface area contributed by atoms with Crippen molar-refractivity contribution in [2.24, 2.45) is 0 Å². The number of nitrogens with one attached hydrogen (secondary N) is 2. The summed E-state index contributed by atoms with van der Waals surface area (Å²) in [6.45, 7) is 2.35. The van der Waals surface area contributed by atoms with Gasteiger partial charge in [0, 0.05) is 49.7 Å². The molecule has 0 spiro atoms. The number of hydrogen-bond acceptors (Lipinski definition) is 5. The Hall–Kier alpha value is -4.89. The maximum Gasteiger partial charge on any atom is 0.257 e. The monoisotopic (exact) mass is 614 g/mol. The highest BCUT2D eigenvalue weighted by Crippen LogP contribution is 2.27. The molecule has 4 aromatic rings. The number of rotatable bonds is 8. The van der Waals surface area contributed by atoms with E-state index in [9.17, 15) is 18.8 Å². The number of amides is 3. The van der Waals surface area contributed by atoms with Crippen LogP contribution in [0.25, 0.3) is 0 Å². The minimum absolute atomic E-state index is 0.0654. The maximum absolute atomic E-state index is 13.6. The van der Waals surface area contributed by atoms with Crippen molar-refractivity contribution in [2.45, 2.75) is 13.0 Å². The number of carbonyl (C=O) groups excluding carboxylic acids is 3. The quantitative estimate of drug-likeness (QED) is 0.253. The average molecular weight is 615 g/mol. The molecule has 44 heavy (non-hydrogen) atoms. The summed E-state index contributed by atoms with van der Waals surface area (Å²) >= 11 is 6.22. The Bertz CT molecular complexity index is 1650. The lowest BCUT2D eigenvalue weighted by Crippen LogP contribution is -2.36. The molecule has 0 aromatic heterocycles. The normalized spacial score (nSPS) is 13.2. The fourth-order valence-electron chi connectivity index (χ4n) is 5.07. The second-order valence-electron chi connectivity index (χ2n) is 10.3. The summed E-state index contributed by atoms with van der Waals surface area (Å²) in [5.41, 5.74) is 3.10. The first-order chi connectivity index (χ1) is 21.3. The van der Waals surface area contributed by atoms with Gasteiger partial charge in [-0.15, -0.1) is 0 Å². The van der Waals surface area contributed by atoms with Crippen LogP contribution >= 0.6 is 11.6 Å². The molecule has 0 bridgehead atoms. The number of carbonyl (C=O) groups is 3. The Morgan fingerprint density at radius 2 is 1.59 bits per heavy atom. The first kappa shape index (κ1) is 30.6. The SMILES string of the molecule is COc1ccc(C(=O)N2CCCN(c3ccc(NC(=O)c4ccccc4Cl)cc3C(=O)NCc3ccc(F)cc3)CC2)cc1. The topological polar surface area (TPSA) is 91.0 Å². The standard InChI is InChI=1S/C34H32ClFN4O4/c1-44-27-14-9-24(10-15-27)34(43)40-18-4-17-39(19-20-40)31-16-13-26(38-33(42)28-5-2-3-6-30(28)35)21-29(31)32(41)37-22-23-7-11-25(36)12-8-23/h2-3,5-16,21H,4,17-20,22H2,1H3,(H,37,41)(H,38,42). The Morgan fingerprint density at radius 3 is 2.32 bits per heavy atom. The Morgan fingerprint density at radius 1 is 0.841 bits per heavy atom. The van der Waals surface area contributed by atoms with Crippen molar-refractivity contribution in [1.29, 1.82) is 0 Å². The highest BCUT2D eigenvalue weighted by molar-refractivity contribution is 6.34. The second-order valence-corrected chi connectivity index (χ2v) is 10.7. The van der Waals surface area contributed by atoms with E-state index < -0.39 is 5.91 Å². The number of methoxy groups -OCH3 is 1. The highest BCUT2D eigenvalue weighted by Gasteiger charge is 2.24. The van der Waals surface area contributed by atoms with Gasteiger partial charge in [-0.25, -0.2) is 4.39 Å². The van der Waals surface area contributed by atoms with Crippen molar-refractivity contribution in [3.8, 4) is 5.75 Å². The Balaban J connectivity index is 1.36. The van der Waals surface area contributed by atoms with Gasteiger partial charge in [0.2, 0.25) is 0 Å². The van der Waals surface area contributed by atoms with Crippen LogP contribution in [0.5, 0.6) is 5.75 Å². The number of ether oxygens (including phenoxy) is 1. The summed E-state index contributed by atoms with van der Waals surface area (Å²) in [6.07, 6.45) is 0.698. The van der Waals surface area contributed by atoms with Gasteiger partial charge < -0.3 is 25.2 Å². The first-order valence-electron chi connectivity index (χ1n) is 14.2. The number of anilines is 2. The average Bonchev–Trinajstić information content (AvgIpc) is 3.30. The van der Waals surface area contributed by atoms with E-state index in [1.165, 1.54) is 12.1 Å². The van der Waals surface area contributed by atoms with E-state index in [-0.39, 0.29) is 24.2 Å². The van der Waals surface area contributed by atoms with Crippen molar-refractivity contribution in [3.05, 3.63) is 124 Å². The third-order valence-corrected chi connectivity index (χ3v) is 7.77. The molecule has 0 atom stereocenters. The largest absolute Gasteiger partial charge is 0.497 e. The van der Waals surface area contributed by atoms with Gasteiger partial charge in [-0.3, -0.25) is 14.4 Å². The van der Waals surface area contributed by atoms with Crippen molar-refractivity contribution in [2.75, 3.05) is 43.5 Å². The summed E-state index contributed by atoms with van der Waals surface area (Å²) in [4.78, 5) is 43.7. The molecule has 2 N–H and O–H groups in total. The minimum atomic E-state index is -0.400. The number of benzene rings is 4. The molecule has 1 aliphatic rings. The van der Waals surface area contributed by atoms with Gasteiger partial charge in [-0.1, -0.05) is 35.9 Å². The third-order valence-electron chi connectivity index (χ3n) is 7.44. The Labute approximate surface area is 260 Å². The van der Waals surface area contributed by atoms with Crippen LogP contribution in [0, 0.1) is 5.82 Å². The Kier molecular flexibility index (Phi) is 9.76. The van der Waals surface area contributed by atoms with Gasteiger partial charge in [-0.05, 0) is 78.7 Å². The van der Waals surface area contributed by atoms with Gasteiger partial charge in [0.15, 0.2) is 0 Å². The molecule has 0 unspecified atom stereocenters. The molecule has 1 heterocycles. The van der Waals surface area contributed by atoms with Crippen LogP contribution in [0.15, 0.2) is 91.0 Å². The lowest BCUT2D eigenvalue weighted by molar-refractivity contribution is 0.0766. The molecule has 1 aliphatic heterocycles. The van der Waals surface area contributed by atoms with E-state index in [0.717, 1.165) is 5.56 Å². The van der Waals surface area contributed by atoms with Crippen LogP contribution in [0.4, 0.5) is 15.8 Å². The van der Waals surface area contributed by atoms with Crippen LogP contribution in [0.3, 0.4) is 0 Å². The molecule has 0 aliphatic carbocycles. The van der Waals surface area contributed by atoms with Crippen LogP contribution in [-0.2, 0) is 6.54 Å². The van der Waals surface area contributed by atoms with Crippen molar-refractivity contribution in [3.63, 3.8) is 0 Å². The smallest absolute Gasteiger partial charge is 0.257 e. The van der Waals surface area contributed by atoms with Gasteiger partial charge >= 0.3 is 0 Å². The molecular formula is C34H32ClFN4O4. The van der Waals surface area contributed by atoms with Gasteiger partial charge in [-0.2, -0.15) is 0 Å². The molecule has 5 rings (SSSR count). The number of hydrogen-bond donors (Lipinski definition) is 2. The van der Waals surface area contributed by atoms with E-state index in [1.54, 1.807) is 86.0 Å². The fourth-order valence-corrected chi connectivity index (χ4v) is 5.29. The summed E-state index contributed by atoms with van der Waals surface area (Å²) in [5.74, 6) is -0.494. The molecule has 8 nitrogen and oxygen atoms in total. The lowest BCUT2D eigenvalue weighted by atomic mass is 10.1. The van der Waals surface area contributed by atoms with Crippen molar-refractivity contribution < 1.29 is 23.5 Å². The molecule has 1 saturated heterocycles. The van der Waals surface area contributed by atoms with Gasteiger partial charge in [0.25, 0.3) is 17.7 Å². The van der Waals surface area contributed by atoms with Gasteiger partial charge in [0.1, 0.15) is 11.6 Å². The summed E-state index contributed by atoms with van der Waals surface area (Å²) in [5, 5.41) is 6.07. The molecule has 1 fully saturated rings. The summed E-state index contributed by atoms with van der Waals surface area (Å²) in [6, 6.07) is 24.8. The van der Waals surface area contributed by atoms with Crippen molar-refractivity contribution in [1.82, 2.24) is 10.2 Å². The molecule has 0 saturated carbocycles. The van der Waals surface area contributed by atoms with Crippen molar-refractivity contribution >= 4 is 40.7 Å². The minimum Gasteiger partial charge on any atom is -0.497 e. The molecular weight excluding hydrogens is 583 g/mol. The summed E-state index contributed by atoms with van der Waals surface area (Å²) in [7, 11) is 1.58. The van der Waals surface area contributed by atoms with Crippen LogP contribution in [0.1, 0.15) is 43.1 Å². The second kappa shape index (κ2) is 14.1. The predicted octanol–water partition coefficient (Wildman–Crippen LogP) is 6.02. The molecule has 4 aromatic carbocycles. The zero-order valence-electron chi connectivity index (χ0n) is 24.2. The van der Waals surface area contributed by atoms with E-state index in [1.807, 2.05) is 4.90 Å². The van der Waals surface area contributed by atoms with E-state index in [4.69, 9.17) is 16.3 Å². The highest BCUT2D eigenvalue weighted by atomic mass is 35.5. The van der Waals surface area contributed by atoms with Crippen LogP contribution in [-0.4, -0.2) is 55.9 Å². The predicted molar refractivity (Wildman–Crippen MR) is 169 cm³/mol. The number of halogens is 2. The van der Waals surface area contributed by atoms with E-state index in [0.29, 0.717) is 71.4 Å². The zero-order valence-corrected chi connectivity index (χ0v) is 24.9. The van der Waals surface area contributed by atoms with Crippen LogP contribution < -0.4 is 20.3 Å². The molecule has 3 amide bonds. The fraction of sp³-hybridized carbons (Fsp3) is 0.206. The first-order valence-corrected chi connectivity index (χ1v) is 14.6. The zero-order chi connectivity index (χ0) is 31.1. The molecule has 0 radical (unpaired) electrons. The molecule has 226 valence electrons. The van der Waals surface area contributed by atoms with Gasteiger partial charge in [0.05, 0.1) is 23.3 Å². The third kappa shape index (κ3) is 7.36.